The highest BCUT2D eigenvalue weighted by Gasteiger charge is 2.25. The van der Waals surface area contributed by atoms with Crippen LogP contribution in [0.15, 0.2) is 0 Å². The molecule has 1 atom stereocenters. The lowest BCUT2D eigenvalue weighted by atomic mass is 9.92. The van der Waals surface area contributed by atoms with E-state index in [1.807, 2.05) is 13.8 Å². The van der Waals surface area contributed by atoms with Crippen molar-refractivity contribution in [2.45, 2.75) is 52.4 Å². The lowest BCUT2D eigenvalue weighted by Gasteiger charge is -2.15. The van der Waals surface area contributed by atoms with Crippen molar-refractivity contribution in [2.24, 2.45) is 5.92 Å². The molecule has 0 nitrogen and oxygen atoms in total. The normalized spacial score (nSPS) is 12.8. The summed E-state index contributed by atoms with van der Waals surface area (Å²) in [5.74, 6) is -8.98. The van der Waals surface area contributed by atoms with Gasteiger partial charge in [0.2, 0.25) is 5.82 Å². The molecule has 0 aliphatic heterocycles. The summed E-state index contributed by atoms with van der Waals surface area (Å²) in [6.45, 7) is 4.00. The molecule has 1 unspecified atom stereocenters. The highest BCUT2D eigenvalue weighted by atomic mass is 19.2. The van der Waals surface area contributed by atoms with E-state index in [1.54, 1.807) is 0 Å². The standard InChI is InChI=1S/C15H19F5/c1-3-5-6-9(4-2)7-8-10-11(16)13(18)15(20)14(19)12(10)17/h9H,3-8H2,1-2H3. The molecule has 1 rings (SSSR count). The Balaban J connectivity index is 2.87. The van der Waals surface area contributed by atoms with E-state index in [9.17, 15) is 22.0 Å². The van der Waals surface area contributed by atoms with Crippen LogP contribution in [-0.2, 0) is 6.42 Å². The average Bonchev–Trinajstić information content (AvgIpc) is 2.46. The minimum atomic E-state index is -2.10. The van der Waals surface area contributed by atoms with Crippen molar-refractivity contribution in [2.75, 3.05) is 0 Å². The molecule has 1 aromatic rings. The minimum Gasteiger partial charge on any atom is -0.203 e. The van der Waals surface area contributed by atoms with Crippen LogP contribution in [-0.4, -0.2) is 0 Å². The second-order valence-corrected chi connectivity index (χ2v) is 5.00. The highest BCUT2D eigenvalue weighted by Crippen LogP contribution is 2.26. The van der Waals surface area contributed by atoms with Gasteiger partial charge in [-0.3, -0.25) is 0 Å². The van der Waals surface area contributed by atoms with Gasteiger partial charge in [-0.2, -0.15) is 0 Å². The van der Waals surface area contributed by atoms with Gasteiger partial charge in [-0.15, -0.1) is 0 Å². The predicted molar refractivity (Wildman–Crippen MR) is 67.9 cm³/mol. The van der Waals surface area contributed by atoms with Gasteiger partial charge in [0, 0.05) is 5.56 Å². The van der Waals surface area contributed by atoms with E-state index in [0.29, 0.717) is 6.42 Å². The summed E-state index contributed by atoms with van der Waals surface area (Å²) in [6, 6.07) is 0. The Kier molecular flexibility index (Phi) is 6.43. The quantitative estimate of drug-likeness (QED) is 0.352. The molecule has 0 bridgehead atoms. The maximum Gasteiger partial charge on any atom is 0.200 e. The molecular weight excluding hydrogens is 275 g/mol. The second-order valence-electron chi connectivity index (χ2n) is 5.00. The van der Waals surface area contributed by atoms with Crippen molar-refractivity contribution >= 4 is 0 Å². The lowest BCUT2D eigenvalue weighted by molar-refractivity contribution is 0.361. The second kappa shape index (κ2) is 7.60. The minimum absolute atomic E-state index is 0.131. The third-order valence-electron chi connectivity index (χ3n) is 3.65. The van der Waals surface area contributed by atoms with Gasteiger partial charge in [-0.05, 0) is 18.8 Å². The summed E-state index contributed by atoms with van der Waals surface area (Å²) in [4.78, 5) is 0. The Morgan fingerprint density at radius 2 is 1.25 bits per heavy atom. The van der Waals surface area contributed by atoms with E-state index in [0.717, 1.165) is 25.7 Å². The number of rotatable bonds is 7. The van der Waals surface area contributed by atoms with Crippen molar-refractivity contribution < 1.29 is 22.0 Å². The zero-order valence-electron chi connectivity index (χ0n) is 11.7. The first kappa shape index (κ1) is 16.9. The van der Waals surface area contributed by atoms with Gasteiger partial charge in [0.15, 0.2) is 23.3 Å². The van der Waals surface area contributed by atoms with E-state index in [2.05, 4.69) is 0 Å². The molecule has 0 N–H and O–H groups in total. The third kappa shape index (κ3) is 3.70. The first-order valence-corrected chi connectivity index (χ1v) is 6.94. The molecule has 0 heterocycles. The molecule has 0 saturated heterocycles. The highest BCUT2D eigenvalue weighted by molar-refractivity contribution is 5.24. The maximum absolute atomic E-state index is 13.5. The zero-order chi connectivity index (χ0) is 15.3. The van der Waals surface area contributed by atoms with E-state index in [-0.39, 0.29) is 12.3 Å². The van der Waals surface area contributed by atoms with E-state index in [1.165, 1.54) is 0 Å². The fourth-order valence-corrected chi connectivity index (χ4v) is 2.26. The topological polar surface area (TPSA) is 0 Å². The predicted octanol–water partition coefficient (Wildman–Crippen LogP) is 5.53. The Bertz CT molecular complexity index is 427. The molecule has 0 aromatic heterocycles. The summed E-state index contributed by atoms with van der Waals surface area (Å²) < 4.78 is 66.0. The van der Waals surface area contributed by atoms with Gasteiger partial charge in [-0.1, -0.05) is 39.5 Å². The van der Waals surface area contributed by atoms with Gasteiger partial charge < -0.3 is 0 Å². The van der Waals surface area contributed by atoms with Crippen molar-refractivity contribution in [3.63, 3.8) is 0 Å². The Morgan fingerprint density at radius 3 is 1.70 bits per heavy atom. The molecule has 0 aliphatic carbocycles. The fourth-order valence-electron chi connectivity index (χ4n) is 2.26. The van der Waals surface area contributed by atoms with Crippen LogP contribution >= 0.6 is 0 Å². The number of halogens is 5. The largest absolute Gasteiger partial charge is 0.203 e. The van der Waals surface area contributed by atoms with E-state index >= 15 is 0 Å². The van der Waals surface area contributed by atoms with Gasteiger partial charge in [0.1, 0.15) is 0 Å². The molecule has 0 radical (unpaired) electrons. The van der Waals surface area contributed by atoms with Crippen LogP contribution in [0.25, 0.3) is 0 Å². The van der Waals surface area contributed by atoms with Crippen LogP contribution in [0.2, 0.25) is 0 Å². The summed E-state index contributed by atoms with van der Waals surface area (Å²) in [7, 11) is 0. The van der Waals surface area contributed by atoms with Gasteiger partial charge in [-0.25, -0.2) is 22.0 Å². The lowest BCUT2D eigenvalue weighted by Crippen LogP contribution is -2.09. The maximum atomic E-state index is 13.5. The number of hydrogen-bond donors (Lipinski definition) is 0. The van der Waals surface area contributed by atoms with Crippen molar-refractivity contribution in [1.29, 1.82) is 0 Å². The first-order valence-electron chi connectivity index (χ1n) is 6.94. The van der Waals surface area contributed by atoms with Crippen LogP contribution in [0.4, 0.5) is 22.0 Å². The average molecular weight is 294 g/mol. The SMILES string of the molecule is CCCCC(CC)CCc1c(F)c(F)c(F)c(F)c1F. The third-order valence-corrected chi connectivity index (χ3v) is 3.65. The van der Waals surface area contributed by atoms with Gasteiger partial charge >= 0.3 is 0 Å². The Labute approximate surface area is 116 Å². The summed E-state index contributed by atoms with van der Waals surface area (Å²) in [6.07, 6.45) is 4.04. The zero-order valence-corrected chi connectivity index (χ0v) is 11.7. The number of unbranched alkanes of at least 4 members (excludes halogenated alkanes) is 1. The smallest absolute Gasteiger partial charge is 0.200 e. The number of hydrogen-bond acceptors (Lipinski definition) is 0. The molecule has 20 heavy (non-hydrogen) atoms. The van der Waals surface area contributed by atoms with Crippen molar-refractivity contribution in [3.05, 3.63) is 34.6 Å². The molecule has 0 amide bonds. The molecule has 1 aromatic carbocycles. The molecule has 5 heteroatoms. The van der Waals surface area contributed by atoms with Crippen LogP contribution in [0.3, 0.4) is 0 Å². The van der Waals surface area contributed by atoms with Crippen molar-refractivity contribution in [1.82, 2.24) is 0 Å². The summed E-state index contributed by atoms with van der Waals surface area (Å²) in [5.41, 5.74) is -0.698. The molecule has 0 saturated carbocycles. The van der Waals surface area contributed by atoms with Crippen LogP contribution in [0, 0.1) is 35.0 Å². The molecule has 0 aliphatic rings. The monoisotopic (exact) mass is 294 g/mol. The fraction of sp³-hybridized carbons (Fsp3) is 0.600. The van der Waals surface area contributed by atoms with Crippen LogP contribution < -0.4 is 0 Å². The summed E-state index contributed by atoms with van der Waals surface area (Å²) in [5, 5.41) is 0. The molecule has 114 valence electrons. The van der Waals surface area contributed by atoms with E-state index in [4.69, 9.17) is 0 Å². The molecule has 0 spiro atoms. The Morgan fingerprint density at radius 1 is 0.750 bits per heavy atom. The first-order chi connectivity index (χ1) is 9.43. The number of benzene rings is 1. The summed E-state index contributed by atoms with van der Waals surface area (Å²) >= 11 is 0. The van der Waals surface area contributed by atoms with Gasteiger partial charge in [0.05, 0.1) is 0 Å². The molecular formula is C15H19F5. The van der Waals surface area contributed by atoms with Gasteiger partial charge in [0.25, 0.3) is 0 Å². The molecule has 0 fully saturated rings. The van der Waals surface area contributed by atoms with Crippen LogP contribution in [0.5, 0.6) is 0 Å². The van der Waals surface area contributed by atoms with Crippen molar-refractivity contribution in [3.8, 4) is 0 Å². The van der Waals surface area contributed by atoms with Crippen LogP contribution in [0.1, 0.15) is 51.5 Å². The Hall–Kier alpha value is -1.13. The van der Waals surface area contributed by atoms with E-state index < -0.39 is 34.6 Å².